The summed E-state index contributed by atoms with van der Waals surface area (Å²) in [6.45, 7) is 7.40. The van der Waals surface area contributed by atoms with E-state index in [1.165, 1.54) is 6.42 Å². The molecule has 0 aliphatic carbocycles. The summed E-state index contributed by atoms with van der Waals surface area (Å²) in [6.07, 6.45) is 3.28. The summed E-state index contributed by atoms with van der Waals surface area (Å²) in [5.74, 6) is 0.479. The molecule has 6 nitrogen and oxygen atoms in total. The summed E-state index contributed by atoms with van der Waals surface area (Å²) in [4.78, 5) is 15.6. The lowest BCUT2D eigenvalue weighted by Gasteiger charge is -2.33. The molecule has 0 spiro atoms. The monoisotopic (exact) mass is 362 g/mol. The molecule has 2 aromatic rings. The van der Waals surface area contributed by atoms with Gasteiger partial charge in [-0.2, -0.15) is 0 Å². The number of nitrogens with one attached hydrogen (secondary N) is 2. The number of amides is 1. The van der Waals surface area contributed by atoms with Gasteiger partial charge < -0.3 is 15.2 Å². The number of aromatic nitrogens is 1. The average Bonchev–Trinajstić information content (AvgIpc) is 3.30. The Morgan fingerprint density at radius 2 is 2.40 bits per heavy atom. The van der Waals surface area contributed by atoms with Gasteiger partial charge in [0.25, 0.3) is 5.91 Å². The molecule has 25 heavy (non-hydrogen) atoms. The standard InChI is InChI=1S/C18H26N4O2S/c1-14-13-19-8-10-22(14)9-4-2-3-7-20-18(23)15-12-16(24-21-15)17-6-5-11-25-17/h5-6,11-12,14,19H,2-4,7-10,13H2,1H3,(H,20,23)/t14-/m1/s1. The maximum atomic E-state index is 12.1. The Hall–Kier alpha value is -1.70. The fraction of sp³-hybridized carbons (Fsp3) is 0.556. The number of thiophene rings is 1. The molecule has 0 bridgehead atoms. The molecular formula is C18H26N4O2S. The van der Waals surface area contributed by atoms with E-state index in [0.29, 0.717) is 24.0 Å². The SMILES string of the molecule is C[C@@H]1CNCCN1CCCCCNC(=O)c1cc(-c2cccs2)on1. The minimum absolute atomic E-state index is 0.165. The third-order valence-electron chi connectivity index (χ3n) is 4.55. The molecule has 1 atom stereocenters. The van der Waals surface area contributed by atoms with Crippen molar-refractivity contribution < 1.29 is 9.32 Å². The number of piperazine rings is 1. The van der Waals surface area contributed by atoms with Gasteiger partial charge in [0.2, 0.25) is 0 Å². The number of hydrogen-bond donors (Lipinski definition) is 2. The zero-order valence-electron chi connectivity index (χ0n) is 14.7. The first-order valence-electron chi connectivity index (χ1n) is 8.97. The number of nitrogens with zero attached hydrogens (tertiary/aromatic N) is 2. The molecule has 1 fully saturated rings. The van der Waals surface area contributed by atoms with Crippen LogP contribution in [0.1, 0.15) is 36.7 Å². The van der Waals surface area contributed by atoms with Gasteiger partial charge in [0.05, 0.1) is 4.88 Å². The van der Waals surface area contributed by atoms with Crippen molar-refractivity contribution >= 4 is 17.2 Å². The molecule has 136 valence electrons. The van der Waals surface area contributed by atoms with E-state index >= 15 is 0 Å². The summed E-state index contributed by atoms with van der Waals surface area (Å²) in [6, 6.07) is 6.22. The van der Waals surface area contributed by atoms with Crippen molar-refractivity contribution in [3.05, 3.63) is 29.3 Å². The lowest BCUT2D eigenvalue weighted by molar-refractivity contribution is 0.0943. The molecule has 3 heterocycles. The van der Waals surface area contributed by atoms with Crippen LogP contribution in [0.3, 0.4) is 0 Å². The first-order chi connectivity index (χ1) is 12.2. The molecular weight excluding hydrogens is 336 g/mol. The highest BCUT2D eigenvalue weighted by Gasteiger charge is 2.17. The molecule has 7 heteroatoms. The van der Waals surface area contributed by atoms with Gasteiger partial charge in [-0.1, -0.05) is 17.6 Å². The van der Waals surface area contributed by atoms with Crippen LogP contribution in [0.5, 0.6) is 0 Å². The van der Waals surface area contributed by atoms with Gasteiger partial charge in [0, 0.05) is 38.3 Å². The highest BCUT2D eigenvalue weighted by Crippen LogP contribution is 2.25. The highest BCUT2D eigenvalue weighted by atomic mass is 32.1. The molecule has 0 radical (unpaired) electrons. The van der Waals surface area contributed by atoms with Crippen LogP contribution in [-0.2, 0) is 0 Å². The Bertz CT molecular complexity index is 656. The van der Waals surface area contributed by atoms with Crippen molar-refractivity contribution in [2.45, 2.75) is 32.2 Å². The first-order valence-corrected chi connectivity index (χ1v) is 9.85. The Morgan fingerprint density at radius 3 is 3.20 bits per heavy atom. The van der Waals surface area contributed by atoms with Gasteiger partial charge in [0.1, 0.15) is 0 Å². The number of hydrogen-bond acceptors (Lipinski definition) is 6. The van der Waals surface area contributed by atoms with Crippen LogP contribution < -0.4 is 10.6 Å². The molecule has 0 aromatic carbocycles. The first kappa shape index (κ1) is 18.1. The van der Waals surface area contributed by atoms with E-state index in [2.05, 4.69) is 27.6 Å². The fourth-order valence-corrected chi connectivity index (χ4v) is 3.71. The largest absolute Gasteiger partial charge is 0.355 e. The number of unbranched alkanes of at least 4 members (excludes halogenated alkanes) is 2. The third kappa shape index (κ3) is 5.14. The van der Waals surface area contributed by atoms with Gasteiger partial charge >= 0.3 is 0 Å². The average molecular weight is 362 g/mol. The van der Waals surface area contributed by atoms with Crippen LogP contribution in [0.25, 0.3) is 10.6 Å². The zero-order valence-corrected chi connectivity index (χ0v) is 15.5. The van der Waals surface area contributed by atoms with E-state index in [1.807, 2.05) is 17.5 Å². The topological polar surface area (TPSA) is 70.4 Å². The predicted molar refractivity (Wildman–Crippen MR) is 99.9 cm³/mol. The van der Waals surface area contributed by atoms with Crippen molar-refractivity contribution in [2.75, 3.05) is 32.7 Å². The Kier molecular flexibility index (Phi) is 6.61. The third-order valence-corrected chi connectivity index (χ3v) is 5.44. The zero-order chi connectivity index (χ0) is 17.5. The molecule has 1 aliphatic heterocycles. The lowest BCUT2D eigenvalue weighted by Crippen LogP contribution is -2.49. The Labute approximate surface area is 152 Å². The van der Waals surface area contributed by atoms with Crippen LogP contribution in [0.4, 0.5) is 0 Å². The van der Waals surface area contributed by atoms with E-state index in [-0.39, 0.29) is 5.91 Å². The summed E-state index contributed by atoms with van der Waals surface area (Å²) in [5.41, 5.74) is 0.345. The van der Waals surface area contributed by atoms with Crippen LogP contribution in [-0.4, -0.2) is 54.7 Å². The second-order valence-electron chi connectivity index (χ2n) is 6.46. The maximum absolute atomic E-state index is 12.1. The smallest absolute Gasteiger partial charge is 0.273 e. The fourth-order valence-electron chi connectivity index (χ4n) is 3.04. The van der Waals surface area contributed by atoms with Crippen LogP contribution in [0.2, 0.25) is 0 Å². The normalized spacial score (nSPS) is 18.4. The van der Waals surface area contributed by atoms with Crippen LogP contribution in [0.15, 0.2) is 28.1 Å². The molecule has 3 rings (SSSR count). The minimum atomic E-state index is -0.165. The van der Waals surface area contributed by atoms with Gasteiger partial charge in [-0.3, -0.25) is 9.69 Å². The molecule has 0 saturated carbocycles. The quantitative estimate of drug-likeness (QED) is 0.707. The van der Waals surface area contributed by atoms with E-state index in [1.54, 1.807) is 17.4 Å². The van der Waals surface area contributed by atoms with E-state index < -0.39 is 0 Å². The van der Waals surface area contributed by atoms with Gasteiger partial charge in [-0.15, -0.1) is 11.3 Å². The van der Waals surface area contributed by atoms with Crippen LogP contribution in [0, 0.1) is 0 Å². The Balaban J connectivity index is 1.32. The molecule has 1 amide bonds. The molecule has 2 N–H and O–H groups in total. The molecule has 0 unspecified atom stereocenters. The number of carbonyl (C=O) groups excluding carboxylic acids is 1. The minimum Gasteiger partial charge on any atom is -0.355 e. The van der Waals surface area contributed by atoms with Crippen molar-refractivity contribution in [1.82, 2.24) is 20.7 Å². The Morgan fingerprint density at radius 1 is 1.48 bits per heavy atom. The summed E-state index contributed by atoms with van der Waals surface area (Å²) >= 11 is 1.57. The summed E-state index contributed by atoms with van der Waals surface area (Å²) < 4.78 is 5.24. The molecule has 1 saturated heterocycles. The van der Waals surface area contributed by atoms with Gasteiger partial charge in [0.15, 0.2) is 11.5 Å². The predicted octanol–water partition coefficient (Wildman–Crippen LogP) is 2.60. The molecule has 2 aromatic heterocycles. The second-order valence-corrected chi connectivity index (χ2v) is 7.41. The van der Waals surface area contributed by atoms with Gasteiger partial charge in [-0.25, -0.2) is 0 Å². The van der Waals surface area contributed by atoms with Gasteiger partial charge in [-0.05, 0) is 37.8 Å². The summed E-state index contributed by atoms with van der Waals surface area (Å²) in [5, 5.41) is 12.2. The number of rotatable bonds is 8. The van der Waals surface area contributed by atoms with Crippen LogP contribution >= 0.6 is 11.3 Å². The lowest BCUT2D eigenvalue weighted by atomic mass is 10.1. The highest BCUT2D eigenvalue weighted by molar-refractivity contribution is 7.13. The second kappa shape index (κ2) is 9.12. The van der Waals surface area contributed by atoms with Crippen molar-refractivity contribution in [3.63, 3.8) is 0 Å². The van der Waals surface area contributed by atoms with E-state index in [0.717, 1.165) is 43.9 Å². The molecule has 1 aliphatic rings. The van der Waals surface area contributed by atoms with Crippen molar-refractivity contribution in [3.8, 4) is 10.6 Å². The van der Waals surface area contributed by atoms with Crippen molar-refractivity contribution in [2.24, 2.45) is 0 Å². The maximum Gasteiger partial charge on any atom is 0.273 e. The van der Waals surface area contributed by atoms with Crippen molar-refractivity contribution in [1.29, 1.82) is 0 Å². The van der Waals surface area contributed by atoms with E-state index in [9.17, 15) is 4.79 Å². The summed E-state index contributed by atoms with van der Waals surface area (Å²) in [7, 11) is 0. The van der Waals surface area contributed by atoms with E-state index in [4.69, 9.17) is 4.52 Å². The number of carbonyl (C=O) groups is 1.